The van der Waals surface area contributed by atoms with E-state index in [-0.39, 0.29) is 36.2 Å². The van der Waals surface area contributed by atoms with Gasteiger partial charge in [0.25, 0.3) is 0 Å². The van der Waals surface area contributed by atoms with Crippen LogP contribution in [0.2, 0.25) is 0 Å². The molecule has 0 bridgehead atoms. The summed E-state index contributed by atoms with van der Waals surface area (Å²) in [5.74, 6) is -1.55. The highest BCUT2D eigenvalue weighted by molar-refractivity contribution is 7.92. The van der Waals surface area contributed by atoms with E-state index in [1.807, 2.05) is 6.92 Å². The van der Waals surface area contributed by atoms with Crippen LogP contribution in [0.25, 0.3) is 0 Å². The van der Waals surface area contributed by atoms with Crippen LogP contribution in [0.4, 0.5) is 0 Å². The summed E-state index contributed by atoms with van der Waals surface area (Å²) < 4.78 is 25.2. The number of benzene rings is 1. The molecule has 7 N–H and O–H groups in total. The number of rotatable bonds is 7. The van der Waals surface area contributed by atoms with Crippen molar-refractivity contribution in [3.63, 3.8) is 0 Å². The van der Waals surface area contributed by atoms with Crippen molar-refractivity contribution >= 4 is 34.2 Å². The van der Waals surface area contributed by atoms with Crippen molar-refractivity contribution in [2.45, 2.75) is 29.5 Å². The maximum Gasteiger partial charge on any atom is 0.320 e. The fraction of sp³-hybridized carbons (Fsp3) is 0.385. The quantitative estimate of drug-likeness (QED) is 0.379. The molecule has 0 aliphatic heterocycles. The van der Waals surface area contributed by atoms with Crippen LogP contribution in [0.5, 0.6) is 0 Å². The molecule has 0 saturated heterocycles. The summed E-state index contributed by atoms with van der Waals surface area (Å²) in [6.07, 6.45) is -0.289. The third kappa shape index (κ3) is 6.05. The van der Waals surface area contributed by atoms with Gasteiger partial charge in [0.2, 0.25) is 0 Å². The van der Waals surface area contributed by atoms with Crippen LogP contribution in [0.1, 0.15) is 12.0 Å². The van der Waals surface area contributed by atoms with E-state index >= 15 is 0 Å². The summed E-state index contributed by atoms with van der Waals surface area (Å²) in [5, 5.41) is 7.75. The van der Waals surface area contributed by atoms with Crippen LogP contribution in [0.15, 0.2) is 34.2 Å². The molecule has 0 spiro atoms. The van der Waals surface area contributed by atoms with E-state index in [9.17, 15) is 13.2 Å². The van der Waals surface area contributed by atoms with Gasteiger partial charge in [0, 0.05) is 0 Å². The molecule has 0 aliphatic rings. The highest BCUT2D eigenvalue weighted by atomic mass is 35.5. The molecule has 8 nitrogen and oxygen atoms in total. The Labute approximate surface area is 141 Å². The van der Waals surface area contributed by atoms with Gasteiger partial charge in [0.1, 0.15) is 6.04 Å². The van der Waals surface area contributed by atoms with Gasteiger partial charge in [-0.15, -0.1) is 12.4 Å². The number of nitrogens with two attached hydrogens (primary N) is 3. The lowest BCUT2D eigenvalue weighted by Crippen LogP contribution is -2.39. The molecular formula is C13H21ClN4O4S. The fourth-order valence-electron chi connectivity index (χ4n) is 1.81. The average molecular weight is 365 g/mol. The number of carboxylic acids is 1. The second kappa shape index (κ2) is 8.70. The topological polar surface area (TPSA) is 162 Å². The van der Waals surface area contributed by atoms with Gasteiger partial charge in [-0.3, -0.25) is 9.79 Å². The zero-order valence-corrected chi connectivity index (χ0v) is 14.2. The molecule has 0 saturated carbocycles. The predicted octanol–water partition coefficient (Wildman–Crippen LogP) is -0.365. The average Bonchev–Trinajstić information content (AvgIpc) is 2.43. The monoisotopic (exact) mass is 364 g/mol. The van der Waals surface area contributed by atoms with Crippen LogP contribution in [-0.2, 0) is 14.6 Å². The van der Waals surface area contributed by atoms with Crippen LogP contribution < -0.4 is 17.2 Å². The number of hydrogen-bond acceptors (Lipinski definition) is 5. The number of nitrogens with zero attached hydrogens (tertiary/aromatic N) is 1. The molecule has 1 aromatic rings. The first kappa shape index (κ1) is 21.2. The molecule has 0 aromatic heterocycles. The maximum atomic E-state index is 12.6. The minimum Gasteiger partial charge on any atom is -0.480 e. The van der Waals surface area contributed by atoms with E-state index in [4.69, 9.17) is 22.3 Å². The molecular weight excluding hydrogens is 344 g/mol. The van der Waals surface area contributed by atoms with E-state index in [0.717, 1.165) is 5.56 Å². The van der Waals surface area contributed by atoms with Crippen molar-refractivity contribution in [1.82, 2.24) is 0 Å². The third-order valence-electron chi connectivity index (χ3n) is 3.10. The number of sulfone groups is 1. The molecule has 1 aromatic carbocycles. The Balaban J connectivity index is 0.00000484. The van der Waals surface area contributed by atoms with Crippen molar-refractivity contribution in [2.24, 2.45) is 22.2 Å². The maximum absolute atomic E-state index is 12.6. The summed E-state index contributed by atoms with van der Waals surface area (Å²) in [5.41, 5.74) is 16.8. The van der Waals surface area contributed by atoms with Crippen molar-refractivity contribution in [3.8, 4) is 0 Å². The van der Waals surface area contributed by atoms with Crippen LogP contribution in [0, 0.1) is 6.92 Å². The van der Waals surface area contributed by atoms with Crippen LogP contribution >= 0.6 is 12.4 Å². The molecule has 0 heterocycles. The van der Waals surface area contributed by atoms with Crippen LogP contribution in [-0.4, -0.2) is 43.3 Å². The number of aliphatic imine (C=N–C) groups is 1. The number of aliphatic carboxylic acids is 1. The van der Waals surface area contributed by atoms with Gasteiger partial charge in [0.05, 0.1) is 16.7 Å². The number of halogens is 1. The van der Waals surface area contributed by atoms with E-state index < -0.39 is 27.1 Å². The highest BCUT2D eigenvalue weighted by Crippen LogP contribution is 2.20. The molecule has 130 valence electrons. The van der Waals surface area contributed by atoms with Gasteiger partial charge in [-0.2, -0.15) is 0 Å². The number of aryl methyl sites for hydroxylation is 1. The first-order valence-corrected chi connectivity index (χ1v) is 8.03. The first-order chi connectivity index (χ1) is 10.1. The lowest BCUT2D eigenvalue weighted by molar-refractivity contribution is -0.138. The lowest BCUT2D eigenvalue weighted by atomic mass is 10.1. The molecule has 0 amide bonds. The summed E-state index contributed by atoms with van der Waals surface area (Å²) in [6.45, 7) is 1.58. The summed E-state index contributed by atoms with van der Waals surface area (Å²) in [6, 6.07) is 4.90. The van der Waals surface area contributed by atoms with Gasteiger partial charge in [-0.1, -0.05) is 17.7 Å². The SMILES string of the molecule is Cc1ccc(S(=O)(=O)C(CN=C(N)N)C[C@H](N)C(=O)O)cc1.Cl. The van der Waals surface area contributed by atoms with Crippen molar-refractivity contribution < 1.29 is 18.3 Å². The standard InChI is InChI=1S/C13H20N4O4S.ClH/c1-8-2-4-9(5-3-8)22(20,21)10(7-17-13(15)16)6-11(14)12(18)19;/h2-5,10-11H,6-7,14H2,1H3,(H,18,19)(H4,15,16,17);1H/t10?,11-;/m0./s1. The number of carboxylic acid groups (broad SMARTS) is 1. The molecule has 1 unspecified atom stereocenters. The summed E-state index contributed by atoms with van der Waals surface area (Å²) >= 11 is 0. The van der Waals surface area contributed by atoms with Gasteiger partial charge in [0.15, 0.2) is 15.8 Å². The Bertz CT molecular complexity index is 657. The van der Waals surface area contributed by atoms with Crippen molar-refractivity contribution in [3.05, 3.63) is 29.8 Å². The van der Waals surface area contributed by atoms with Gasteiger partial charge < -0.3 is 22.3 Å². The van der Waals surface area contributed by atoms with E-state index in [1.54, 1.807) is 12.1 Å². The second-order valence-corrected chi connectivity index (χ2v) is 7.15. The minimum atomic E-state index is -3.80. The molecule has 0 aliphatic carbocycles. The number of guanidine groups is 1. The number of hydrogen-bond donors (Lipinski definition) is 4. The Morgan fingerprint density at radius 2 is 1.78 bits per heavy atom. The minimum absolute atomic E-state index is 0. The summed E-state index contributed by atoms with van der Waals surface area (Å²) in [4.78, 5) is 14.6. The normalized spacial score (nSPS) is 13.5. The van der Waals surface area contributed by atoms with E-state index in [2.05, 4.69) is 4.99 Å². The zero-order chi connectivity index (χ0) is 16.9. The smallest absolute Gasteiger partial charge is 0.320 e. The van der Waals surface area contributed by atoms with Crippen molar-refractivity contribution in [2.75, 3.05) is 6.54 Å². The zero-order valence-electron chi connectivity index (χ0n) is 12.5. The second-order valence-electron chi connectivity index (χ2n) is 4.93. The van der Waals surface area contributed by atoms with Crippen molar-refractivity contribution in [1.29, 1.82) is 0 Å². The predicted molar refractivity (Wildman–Crippen MR) is 90.3 cm³/mol. The molecule has 0 fully saturated rings. The third-order valence-corrected chi connectivity index (χ3v) is 5.25. The highest BCUT2D eigenvalue weighted by Gasteiger charge is 2.31. The Hall–Kier alpha value is -1.84. The van der Waals surface area contributed by atoms with Crippen LogP contribution in [0.3, 0.4) is 0 Å². The molecule has 10 heteroatoms. The summed E-state index contributed by atoms with van der Waals surface area (Å²) in [7, 11) is -3.80. The van der Waals surface area contributed by atoms with Gasteiger partial charge in [-0.05, 0) is 25.5 Å². The number of carbonyl (C=O) groups is 1. The molecule has 23 heavy (non-hydrogen) atoms. The van der Waals surface area contributed by atoms with Gasteiger partial charge >= 0.3 is 5.97 Å². The van der Waals surface area contributed by atoms with E-state index in [0.29, 0.717) is 0 Å². The lowest BCUT2D eigenvalue weighted by Gasteiger charge is -2.18. The molecule has 1 rings (SSSR count). The Morgan fingerprint density at radius 1 is 1.26 bits per heavy atom. The fourth-order valence-corrected chi connectivity index (χ4v) is 3.44. The largest absolute Gasteiger partial charge is 0.480 e. The van der Waals surface area contributed by atoms with E-state index in [1.165, 1.54) is 12.1 Å². The first-order valence-electron chi connectivity index (χ1n) is 6.49. The van der Waals surface area contributed by atoms with Gasteiger partial charge in [-0.25, -0.2) is 8.42 Å². The Kier molecular flexibility index (Phi) is 8.01. The molecule has 0 radical (unpaired) electrons. The molecule has 2 atom stereocenters. The Morgan fingerprint density at radius 3 is 2.22 bits per heavy atom.